The Kier molecular flexibility index (Phi) is 5.08. The lowest BCUT2D eigenvalue weighted by molar-refractivity contribution is -0.120. The Hall–Kier alpha value is -3.54. The Morgan fingerprint density at radius 2 is 2.10 bits per heavy atom. The first kappa shape index (κ1) is 19.8. The number of carbonyl (C=O) groups excluding carboxylic acids is 1. The highest BCUT2D eigenvalue weighted by molar-refractivity contribution is 5.91. The zero-order valence-corrected chi connectivity index (χ0v) is 17.1. The topological polar surface area (TPSA) is 121 Å². The van der Waals surface area contributed by atoms with Gasteiger partial charge in [-0.05, 0) is 25.0 Å². The van der Waals surface area contributed by atoms with E-state index < -0.39 is 0 Å². The summed E-state index contributed by atoms with van der Waals surface area (Å²) in [6, 6.07) is 7.29. The maximum absolute atomic E-state index is 12.6. The molecule has 1 aliphatic rings. The molecule has 4 heterocycles. The minimum atomic E-state index is -0.175. The van der Waals surface area contributed by atoms with Crippen molar-refractivity contribution < 1.29 is 18.2 Å². The van der Waals surface area contributed by atoms with Crippen LogP contribution in [0, 0.1) is 17.2 Å². The molecule has 0 radical (unpaired) electrons. The summed E-state index contributed by atoms with van der Waals surface area (Å²) in [7, 11) is 0. The summed E-state index contributed by atoms with van der Waals surface area (Å²) >= 11 is 0. The molecule has 0 atom stereocenters. The highest BCUT2D eigenvalue weighted by Crippen LogP contribution is 2.32. The van der Waals surface area contributed by atoms with E-state index >= 15 is 0 Å². The van der Waals surface area contributed by atoms with Crippen LogP contribution in [0.15, 0.2) is 37.8 Å². The molecule has 0 unspecified atom stereocenters. The second kappa shape index (κ2) is 7.71. The van der Waals surface area contributed by atoms with Gasteiger partial charge in [-0.2, -0.15) is 10.2 Å². The Bertz CT molecular complexity index is 1060. The summed E-state index contributed by atoms with van der Waals surface area (Å²) in [6.07, 6.45) is 2.77. The summed E-state index contributed by atoms with van der Waals surface area (Å²) in [5, 5.41) is 16.2. The van der Waals surface area contributed by atoms with E-state index in [1.807, 2.05) is 25.7 Å². The number of piperidine rings is 1. The van der Waals surface area contributed by atoms with E-state index in [9.17, 15) is 10.1 Å². The standard InChI is InChI=1S/C21H23N5O4/c1-21(2,3)16-11-17(25-30-16)24-18(27)13-6-8-26(9-7-13)20-14(12-22)23-19(29-20)15-5-4-10-28-15/h4-5,10-11,13H,6-9H2,1-3H3,(H,24,25,27). The zero-order chi connectivity index (χ0) is 21.3. The van der Waals surface area contributed by atoms with E-state index in [4.69, 9.17) is 13.4 Å². The summed E-state index contributed by atoms with van der Waals surface area (Å²) in [5.74, 6) is 2.05. The van der Waals surface area contributed by atoms with Crippen LogP contribution < -0.4 is 10.2 Å². The molecular weight excluding hydrogens is 386 g/mol. The lowest BCUT2D eigenvalue weighted by Crippen LogP contribution is -2.38. The summed E-state index contributed by atoms with van der Waals surface area (Å²) < 4.78 is 16.4. The average molecular weight is 409 g/mol. The van der Waals surface area contributed by atoms with Crippen molar-refractivity contribution in [2.75, 3.05) is 23.3 Å². The van der Waals surface area contributed by atoms with Gasteiger partial charge in [-0.3, -0.25) is 4.79 Å². The second-order valence-electron chi connectivity index (χ2n) is 8.34. The summed E-state index contributed by atoms with van der Waals surface area (Å²) in [4.78, 5) is 18.8. The first-order valence-corrected chi connectivity index (χ1v) is 9.83. The molecule has 0 saturated carbocycles. The van der Waals surface area contributed by atoms with Crippen molar-refractivity contribution in [1.29, 1.82) is 5.26 Å². The number of anilines is 2. The number of oxazole rings is 1. The van der Waals surface area contributed by atoms with Gasteiger partial charge in [-0.25, -0.2) is 0 Å². The molecule has 9 nitrogen and oxygen atoms in total. The van der Waals surface area contributed by atoms with Crippen LogP contribution in [0.5, 0.6) is 0 Å². The van der Waals surface area contributed by atoms with Crippen LogP contribution in [0.25, 0.3) is 11.7 Å². The molecule has 9 heteroatoms. The van der Waals surface area contributed by atoms with Gasteiger partial charge in [-0.1, -0.05) is 25.9 Å². The number of amides is 1. The van der Waals surface area contributed by atoms with Crippen LogP contribution in [0.1, 0.15) is 45.1 Å². The molecule has 0 bridgehead atoms. The van der Waals surface area contributed by atoms with Gasteiger partial charge < -0.3 is 23.6 Å². The van der Waals surface area contributed by atoms with Crippen LogP contribution >= 0.6 is 0 Å². The van der Waals surface area contributed by atoms with Gasteiger partial charge in [0.05, 0.1) is 6.26 Å². The molecule has 1 saturated heterocycles. The largest absolute Gasteiger partial charge is 0.459 e. The molecule has 0 spiro atoms. The van der Waals surface area contributed by atoms with Gasteiger partial charge in [0.1, 0.15) is 11.8 Å². The first-order valence-electron chi connectivity index (χ1n) is 9.83. The van der Waals surface area contributed by atoms with Crippen molar-refractivity contribution in [3.63, 3.8) is 0 Å². The third-order valence-corrected chi connectivity index (χ3v) is 5.10. The van der Waals surface area contributed by atoms with Crippen molar-refractivity contribution in [3.05, 3.63) is 35.9 Å². The fourth-order valence-electron chi connectivity index (χ4n) is 3.37. The Balaban J connectivity index is 1.39. The number of hydrogen-bond donors (Lipinski definition) is 1. The van der Waals surface area contributed by atoms with Gasteiger partial charge in [-0.15, -0.1) is 0 Å². The van der Waals surface area contributed by atoms with Crippen LogP contribution in [-0.4, -0.2) is 29.1 Å². The Morgan fingerprint density at radius 1 is 1.33 bits per heavy atom. The van der Waals surface area contributed by atoms with E-state index in [1.165, 1.54) is 6.26 Å². The highest BCUT2D eigenvalue weighted by atomic mass is 16.5. The van der Waals surface area contributed by atoms with E-state index in [0.717, 1.165) is 0 Å². The van der Waals surface area contributed by atoms with Gasteiger partial charge in [0.25, 0.3) is 5.89 Å². The third kappa shape index (κ3) is 3.94. The molecule has 30 heavy (non-hydrogen) atoms. The normalized spacial score (nSPS) is 15.2. The minimum Gasteiger partial charge on any atom is -0.459 e. The molecule has 0 aromatic carbocycles. The van der Waals surface area contributed by atoms with Crippen molar-refractivity contribution >= 4 is 17.6 Å². The van der Waals surface area contributed by atoms with Gasteiger partial charge in [0.2, 0.25) is 17.5 Å². The van der Waals surface area contributed by atoms with Crippen molar-refractivity contribution in [2.24, 2.45) is 5.92 Å². The van der Waals surface area contributed by atoms with E-state index in [2.05, 4.69) is 21.5 Å². The van der Waals surface area contributed by atoms with Crippen molar-refractivity contribution in [3.8, 4) is 17.7 Å². The lowest BCUT2D eigenvalue weighted by atomic mass is 9.93. The number of carbonyl (C=O) groups is 1. The molecule has 156 valence electrons. The Labute approximate surface area is 173 Å². The van der Waals surface area contributed by atoms with E-state index in [1.54, 1.807) is 18.2 Å². The molecule has 1 amide bonds. The third-order valence-electron chi connectivity index (χ3n) is 5.10. The quantitative estimate of drug-likeness (QED) is 0.687. The maximum Gasteiger partial charge on any atom is 0.266 e. The summed E-state index contributed by atoms with van der Waals surface area (Å²) in [5.41, 5.74) is 0.0346. The number of hydrogen-bond acceptors (Lipinski definition) is 8. The van der Waals surface area contributed by atoms with Gasteiger partial charge >= 0.3 is 0 Å². The maximum atomic E-state index is 12.6. The molecule has 1 N–H and O–H groups in total. The summed E-state index contributed by atoms with van der Waals surface area (Å²) in [6.45, 7) is 7.21. The lowest BCUT2D eigenvalue weighted by Gasteiger charge is -2.30. The van der Waals surface area contributed by atoms with Gasteiger partial charge in [0.15, 0.2) is 11.6 Å². The van der Waals surface area contributed by atoms with Crippen LogP contribution in [-0.2, 0) is 10.2 Å². The first-order chi connectivity index (χ1) is 14.3. The number of rotatable bonds is 4. The molecule has 1 aliphatic heterocycles. The molecule has 3 aromatic rings. The van der Waals surface area contributed by atoms with E-state index in [0.29, 0.717) is 49.2 Å². The van der Waals surface area contributed by atoms with Crippen molar-refractivity contribution in [1.82, 2.24) is 10.1 Å². The fourth-order valence-corrected chi connectivity index (χ4v) is 3.37. The molecule has 3 aromatic heterocycles. The zero-order valence-electron chi connectivity index (χ0n) is 17.1. The SMILES string of the molecule is CC(C)(C)c1cc(NC(=O)C2CCN(c3oc(-c4ccco4)nc3C#N)CC2)no1. The molecular formula is C21H23N5O4. The highest BCUT2D eigenvalue weighted by Gasteiger charge is 2.30. The predicted molar refractivity (Wildman–Crippen MR) is 108 cm³/mol. The number of aromatic nitrogens is 2. The van der Waals surface area contributed by atoms with Crippen LogP contribution in [0.4, 0.5) is 11.7 Å². The monoisotopic (exact) mass is 409 g/mol. The predicted octanol–water partition coefficient (Wildman–Crippen LogP) is 3.95. The number of nitrogens with one attached hydrogen (secondary N) is 1. The van der Waals surface area contributed by atoms with Gasteiger partial charge in [0, 0.05) is 30.5 Å². The van der Waals surface area contributed by atoms with E-state index in [-0.39, 0.29) is 28.8 Å². The smallest absolute Gasteiger partial charge is 0.266 e. The molecule has 1 fully saturated rings. The van der Waals surface area contributed by atoms with Crippen molar-refractivity contribution in [2.45, 2.75) is 39.0 Å². The average Bonchev–Trinajstić information content (AvgIpc) is 3.47. The molecule has 4 rings (SSSR count). The van der Waals surface area contributed by atoms with Crippen LogP contribution in [0.2, 0.25) is 0 Å². The minimum absolute atomic E-state index is 0.0854. The fraction of sp³-hybridized carbons (Fsp3) is 0.429. The number of nitriles is 1. The number of furan rings is 1. The van der Waals surface area contributed by atoms with Crippen LogP contribution in [0.3, 0.4) is 0 Å². The second-order valence-corrected chi connectivity index (χ2v) is 8.34. The molecule has 0 aliphatic carbocycles. The number of nitrogens with zero attached hydrogens (tertiary/aromatic N) is 4. The Morgan fingerprint density at radius 3 is 2.70 bits per heavy atom.